The molecule has 3 N–H and O–H groups in total. The molecule has 0 saturated heterocycles. The van der Waals surface area contributed by atoms with E-state index in [1.54, 1.807) is 13.0 Å². The van der Waals surface area contributed by atoms with Gasteiger partial charge in [-0.05, 0) is 26.0 Å². The number of nitrogens with two attached hydrogens (primary N) is 1. The molecule has 0 aliphatic rings. The number of carbonyl (C=O) groups excluding carboxylic acids is 1. The molecule has 0 saturated carbocycles. The fourth-order valence-electron chi connectivity index (χ4n) is 1.47. The topological polar surface area (TPSA) is 73.6 Å². The third-order valence-corrected chi connectivity index (χ3v) is 2.28. The van der Waals surface area contributed by atoms with E-state index < -0.39 is 0 Å². The summed E-state index contributed by atoms with van der Waals surface area (Å²) < 4.78 is 10.2. The number of anilines is 2. The van der Waals surface area contributed by atoms with E-state index in [0.717, 1.165) is 5.69 Å². The molecule has 0 aliphatic heterocycles. The highest BCUT2D eigenvalue weighted by Gasteiger charge is 2.03. The molecule has 0 atom stereocenters. The Morgan fingerprint density at radius 1 is 1.33 bits per heavy atom. The first-order chi connectivity index (χ1) is 8.67. The van der Waals surface area contributed by atoms with Crippen molar-refractivity contribution in [2.45, 2.75) is 20.3 Å². The minimum atomic E-state index is -0.203. The van der Waals surface area contributed by atoms with E-state index in [0.29, 0.717) is 37.6 Å². The molecule has 0 heterocycles. The molecule has 18 heavy (non-hydrogen) atoms. The normalized spacial score (nSPS) is 9.89. The molecule has 0 amide bonds. The summed E-state index contributed by atoms with van der Waals surface area (Å²) >= 11 is 0. The van der Waals surface area contributed by atoms with Gasteiger partial charge in [0.25, 0.3) is 0 Å². The molecule has 5 nitrogen and oxygen atoms in total. The summed E-state index contributed by atoms with van der Waals surface area (Å²) in [5.74, 6) is 0.448. The molecule has 0 bridgehead atoms. The molecule has 1 aromatic rings. The number of benzene rings is 1. The van der Waals surface area contributed by atoms with Crippen molar-refractivity contribution >= 4 is 17.3 Å². The van der Waals surface area contributed by atoms with Gasteiger partial charge in [0.2, 0.25) is 0 Å². The van der Waals surface area contributed by atoms with Gasteiger partial charge in [-0.2, -0.15) is 0 Å². The minimum Gasteiger partial charge on any atom is -0.492 e. The summed E-state index contributed by atoms with van der Waals surface area (Å²) in [6, 6.07) is 5.45. The van der Waals surface area contributed by atoms with Gasteiger partial charge in [0, 0.05) is 18.3 Å². The Hall–Kier alpha value is -1.91. The van der Waals surface area contributed by atoms with E-state index in [1.807, 2.05) is 19.1 Å². The second-order valence-corrected chi connectivity index (χ2v) is 3.67. The van der Waals surface area contributed by atoms with Crippen LogP contribution in [0, 0.1) is 0 Å². The fourth-order valence-corrected chi connectivity index (χ4v) is 1.47. The Morgan fingerprint density at radius 3 is 2.78 bits per heavy atom. The van der Waals surface area contributed by atoms with Crippen molar-refractivity contribution in [2.24, 2.45) is 0 Å². The van der Waals surface area contributed by atoms with Crippen molar-refractivity contribution in [3.05, 3.63) is 18.2 Å². The summed E-state index contributed by atoms with van der Waals surface area (Å²) in [5.41, 5.74) is 7.24. The van der Waals surface area contributed by atoms with Gasteiger partial charge in [0.05, 0.1) is 25.3 Å². The Kier molecular flexibility index (Phi) is 5.84. The van der Waals surface area contributed by atoms with Gasteiger partial charge in [-0.1, -0.05) is 0 Å². The second-order valence-electron chi connectivity index (χ2n) is 3.67. The zero-order chi connectivity index (χ0) is 13.4. The predicted octanol–water partition coefficient (Wildman–Crippen LogP) is 2.03. The number of hydrogen-bond acceptors (Lipinski definition) is 5. The minimum absolute atomic E-state index is 0.203. The standard InChI is InChI=1S/C13H20N2O3/c1-3-17-12-9-10(5-6-11(12)14)15-8-7-13(16)18-4-2/h5-6,9,15H,3-4,7-8,14H2,1-2H3. The maximum Gasteiger partial charge on any atom is 0.307 e. The van der Waals surface area contributed by atoms with Crippen molar-refractivity contribution < 1.29 is 14.3 Å². The maximum absolute atomic E-state index is 11.1. The SMILES string of the molecule is CCOC(=O)CCNc1ccc(N)c(OCC)c1. The summed E-state index contributed by atoms with van der Waals surface area (Å²) in [6.07, 6.45) is 0.336. The van der Waals surface area contributed by atoms with Crippen LogP contribution in [0.25, 0.3) is 0 Å². The first kappa shape index (κ1) is 14.2. The van der Waals surface area contributed by atoms with Gasteiger partial charge < -0.3 is 20.5 Å². The van der Waals surface area contributed by atoms with Crippen LogP contribution in [0.5, 0.6) is 5.75 Å². The monoisotopic (exact) mass is 252 g/mol. The molecule has 0 spiro atoms. The molecular formula is C13H20N2O3. The zero-order valence-corrected chi connectivity index (χ0v) is 10.9. The molecule has 0 aromatic heterocycles. The zero-order valence-electron chi connectivity index (χ0n) is 10.9. The van der Waals surface area contributed by atoms with E-state index in [-0.39, 0.29) is 5.97 Å². The van der Waals surface area contributed by atoms with Crippen molar-refractivity contribution in [3.8, 4) is 5.75 Å². The number of carbonyl (C=O) groups is 1. The summed E-state index contributed by atoms with van der Waals surface area (Å²) in [6.45, 7) is 5.19. The van der Waals surface area contributed by atoms with Crippen molar-refractivity contribution in [3.63, 3.8) is 0 Å². The number of nitrogens with one attached hydrogen (secondary N) is 1. The number of ether oxygens (including phenoxy) is 2. The number of hydrogen-bond donors (Lipinski definition) is 2. The molecular weight excluding hydrogens is 232 g/mol. The lowest BCUT2D eigenvalue weighted by atomic mass is 10.2. The van der Waals surface area contributed by atoms with Gasteiger partial charge in [0.15, 0.2) is 0 Å². The van der Waals surface area contributed by atoms with Crippen LogP contribution < -0.4 is 15.8 Å². The number of esters is 1. The van der Waals surface area contributed by atoms with E-state index >= 15 is 0 Å². The van der Waals surface area contributed by atoms with E-state index in [2.05, 4.69) is 5.32 Å². The highest BCUT2D eigenvalue weighted by molar-refractivity contribution is 5.70. The first-order valence-corrected chi connectivity index (χ1v) is 6.09. The summed E-state index contributed by atoms with van der Waals surface area (Å²) in [7, 11) is 0. The third-order valence-electron chi connectivity index (χ3n) is 2.28. The summed E-state index contributed by atoms with van der Waals surface area (Å²) in [4.78, 5) is 11.1. The Balaban J connectivity index is 2.47. The lowest BCUT2D eigenvalue weighted by Crippen LogP contribution is -2.11. The Morgan fingerprint density at radius 2 is 2.11 bits per heavy atom. The lowest BCUT2D eigenvalue weighted by Gasteiger charge is -2.10. The van der Waals surface area contributed by atoms with Crippen molar-refractivity contribution in [1.29, 1.82) is 0 Å². The van der Waals surface area contributed by atoms with Gasteiger partial charge in [-0.3, -0.25) is 4.79 Å². The number of rotatable bonds is 7. The van der Waals surface area contributed by atoms with Gasteiger partial charge in [-0.15, -0.1) is 0 Å². The van der Waals surface area contributed by atoms with Gasteiger partial charge >= 0.3 is 5.97 Å². The second kappa shape index (κ2) is 7.42. The number of nitrogen functional groups attached to an aromatic ring is 1. The molecule has 0 aliphatic carbocycles. The lowest BCUT2D eigenvalue weighted by molar-refractivity contribution is -0.142. The van der Waals surface area contributed by atoms with Crippen LogP contribution in [0.2, 0.25) is 0 Å². The highest BCUT2D eigenvalue weighted by Crippen LogP contribution is 2.25. The smallest absolute Gasteiger partial charge is 0.307 e. The molecule has 0 radical (unpaired) electrons. The Labute approximate surface area is 107 Å². The van der Waals surface area contributed by atoms with Crippen LogP contribution in [0.4, 0.5) is 11.4 Å². The van der Waals surface area contributed by atoms with E-state index in [9.17, 15) is 4.79 Å². The van der Waals surface area contributed by atoms with Crippen LogP contribution >= 0.6 is 0 Å². The molecule has 1 aromatic carbocycles. The van der Waals surface area contributed by atoms with Crippen LogP contribution in [0.3, 0.4) is 0 Å². The average Bonchev–Trinajstić information content (AvgIpc) is 2.34. The van der Waals surface area contributed by atoms with Crippen molar-refractivity contribution in [2.75, 3.05) is 30.8 Å². The molecule has 100 valence electrons. The predicted molar refractivity (Wildman–Crippen MR) is 71.8 cm³/mol. The van der Waals surface area contributed by atoms with Crippen molar-refractivity contribution in [1.82, 2.24) is 0 Å². The maximum atomic E-state index is 11.1. The van der Waals surface area contributed by atoms with E-state index in [1.165, 1.54) is 0 Å². The van der Waals surface area contributed by atoms with Gasteiger partial charge in [0.1, 0.15) is 5.75 Å². The Bertz CT molecular complexity index is 394. The average molecular weight is 252 g/mol. The van der Waals surface area contributed by atoms with Gasteiger partial charge in [-0.25, -0.2) is 0 Å². The van der Waals surface area contributed by atoms with Crippen LogP contribution in [0.1, 0.15) is 20.3 Å². The van der Waals surface area contributed by atoms with E-state index in [4.69, 9.17) is 15.2 Å². The first-order valence-electron chi connectivity index (χ1n) is 6.09. The fraction of sp³-hybridized carbons (Fsp3) is 0.462. The molecule has 5 heteroatoms. The van der Waals surface area contributed by atoms with Crippen LogP contribution in [-0.2, 0) is 9.53 Å². The quantitative estimate of drug-likeness (QED) is 0.574. The van der Waals surface area contributed by atoms with Crippen LogP contribution in [-0.4, -0.2) is 25.7 Å². The molecule has 1 rings (SSSR count). The van der Waals surface area contributed by atoms with Crippen LogP contribution in [0.15, 0.2) is 18.2 Å². The molecule has 0 fully saturated rings. The third kappa shape index (κ3) is 4.53. The largest absolute Gasteiger partial charge is 0.492 e. The molecule has 0 unspecified atom stereocenters. The highest BCUT2D eigenvalue weighted by atomic mass is 16.5. The summed E-state index contributed by atoms with van der Waals surface area (Å²) in [5, 5.41) is 3.12.